The SMILES string of the molecule is COC[CH](OC)[Nb]([Cl])([Cl])([Cl])[NH]C(C)(C)C. The van der Waals surface area contributed by atoms with Crippen molar-refractivity contribution in [1.82, 2.24) is 3.72 Å². The molecule has 0 radical (unpaired) electrons. The number of methoxy groups -OCH3 is 2. The number of nitrogens with one attached hydrogen (secondary N) is 1. The maximum atomic E-state index is 6.34. The van der Waals surface area contributed by atoms with Crippen LogP contribution in [0.4, 0.5) is 0 Å². The molecule has 0 aliphatic rings. The number of halogens is 3. The monoisotopic (exact) mass is 359 g/mol. The van der Waals surface area contributed by atoms with Crippen LogP contribution in [0.2, 0.25) is 0 Å². The number of hydrogen-bond acceptors (Lipinski definition) is 3. The van der Waals surface area contributed by atoms with Crippen LogP contribution in [0.5, 0.6) is 0 Å². The summed E-state index contributed by atoms with van der Waals surface area (Å²) < 4.78 is 12.8. The molecule has 7 heteroatoms. The van der Waals surface area contributed by atoms with Gasteiger partial charge in [0.2, 0.25) is 0 Å². The van der Waals surface area contributed by atoms with Gasteiger partial charge in [-0.2, -0.15) is 0 Å². The van der Waals surface area contributed by atoms with Gasteiger partial charge in [-0.3, -0.25) is 0 Å². The average molecular weight is 361 g/mol. The standard InChI is InChI=1S/C4H10N.C4H9O2.3ClH.Nb/c1-4(2,3)5;1-5-3-4-6-2;;;;/h5H,1-3H3;3H,4H2,1-2H3;3*1H;/q-1;;;;;+4/p-3. The summed E-state index contributed by atoms with van der Waals surface area (Å²) in [6, 6.07) is 0. The molecule has 0 saturated carbocycles. The van der Waals surface area contributed by atoms with Gasteiger partial charge in [0.1, 0.15) is 0 Å². The second kappa shape index (κ2) is 5.42. The quantitative estimate of drug-likeness (QED) is 0.765. The molecule has 0 aliphatic heterocycles. The Morgan fingerprint density at radius 2 is 1.67 bits per heavy atom. The van der Waals surface area contributed by atoms with Gasteiger partial charge in [-0.05, 0) is 0 Å². The molecule has 0 bridgehead atoms. The topological polar surface area (TPSA) is 30.5 Å². The van der Waals surface area contributed by atoms with E-state index in [2.05, 4.69) is 3.72 Å². The summed E-state index contributed by atoms with van der Waals surface area (Å²) in [7, 11) is 22.1. The van der Waals surface area contributed by atoms with Crippen molar-refractivity contribution in [3.63, 3.8) is 0 Å². The molecular formula is C8H19Cl3NNbO2. The van der Waals surface area contributed by atoms with Crippen LogP contribution in [0.1, 0.15) is 20.8 Å². The van der Waals surface area contributed by atoms with Gasteiger partial charge < -0.3 is 0 Å². The molecule has 0 aromatic carbocycles. The maximum absolute atomic E-state index is 6.34. The van der Waals surface area contributed by atoms with Crippen molar-refractivity contribution in [2.24, 2.45) is 0 Å². The molecule has 0 amide bonds. The van der Waals surface area contributed by atoms with Crippen molar-refractivity contribution in [3.05, 3.63) is 0 Å². The molecule has 0 heterocycles. The second-order valence-corrected chi connectivity index (χ2v) is 26.1. The van der Waals surface area contributed by atoms with E-state index in [0.717, 1.165) is 0 Å². The molecule has 0 spiro atoms. The molecular weight excluding hydrogens is 341 g/mol. The molecule has 94 valence electrons. The van der Waals surface area contributed by atoms with Crippen LogP contribution in [0.3, 0.4) is 0 Å². The van der Waals surface area contributed by atoms with Crippen molar-refractivity contribution >= 4 is 27.6 Å². The summed E-state index contributed by atoms with van der Waals surface area (Å²) in [5, 5.41) is 0. The zero-order chi connectivity index (χ0) is 12.4. The van der Waals surface area contributed by atoms with Crippen molar-refractivity contribution in [3.8, 4) is 0 Å². The summed E-state index contributed by atoms with van der Waals surface area (Å²) in [6.45, 7) is 6.12. The Hall–Kier alpha value is 1.49. The molecule has 0 saturated heterocycles. The fourth-order valence-electron chi connectivity index (χ4n) is 1.15. The molecule has 15 heavy (non-hydrogen) atoms. The van der Waals surface area contributed by atoms with E-state index in [1.54, 1.807) is 7.11 Å². The van der Waals surface area contributed by atoms with Crippen LogP contribution < -0.4 is 3.72 Å². The van der Waals surface area contributed by atoms with Crippen LogP contribution in [-0.4, -0.2) is 30.7 Å². The van der Waals surface area contributed by atoms with Gasteiger partial charge in [-0.1, -0.05) is 0 Å². The molecule has 0 aliphatic carbocycles. The summed E-state index contributed by atoms with van der Waals surface area (Å²) in [6.07, 6.45) is 0. The first-order valence-corrected chi connectivity index (χ1v) is 15.3. The molecule has 0 rings (SSSR count). The van der Waals surface area contributed by atoms with E-state index in [0.29, 0.717) is 0 Å². The van der Waals surface area contributed by atoms with Gasteiger partial charge >= 0.3 is 105 Å². The molecule has 0 aromatic heterocycles. The molecule has 0 fully saturated rings. The van der Waals surface area contributed by atoms with Crippen LogP contribution >= 0.6 is 27.6 Å². The Labute approximate surface area is 104 Å². The van der Waals surface area contributed by atoms with Crippen LogP contribution in [0, 0.1) is 0 Å². The second-order valence-electron chi connectivity index (χ2n) is 4.37. The predicted octanol–water partition coefficient (Wildman–Crippen LogP) is 3.06. The van der Waals surface area contributed by atoms with E-state index in [1.807, 2.05) is 20.8 Å². The van der Waals surface area contributed by atoms with Crippen molar-refractivity contribution in [1.29, 1.82) is 0 Å². The van der Waals surface area contributed by atoms with E-state index in [4.69, 9.17) is 37.0 Å². The summed E-state index contributed by atoms with van der Waals surface area (Å²) >= 11 is -4.48. The van der Waals surface area contributed by atoms with Crippen molar-refractivity contribution < 1.29 is 22.3 Å². The van der Waals surface area contributed by atoms with E-state index in [9.17, 15) is 0 Å². The van der Waals surface area contributed by atoms with E-state index < -0.39 is 17.2 Å². The van der Waals surface area contributed by atoms with Crippen LogP contribution in [-0.2, 0) is 22.3 Å². The van der Waals surface area contributed by atoms with E-state index >= 15 is 0 Å². The minimum absolute atomic E-state index is 0.266. The first-order chi connectivity index (χ1) is 6.50. The number of rotatable bonds is 5. The number of hydrogen-bond donors (Lipinski definition) is 1. The third-order valence-electron chi connectivity index (χ3n) is 1.58. The summed E-state index contributed by atoms with van der Waals surface area (Å²) in [5.41, 5.74) is -0.266. The first-order valence-electron chi connectivity index (χ1n) is 4.49. The molecule has 0 aromatic rings. The minimum atomic E-state index is -4.48. The van der Waals surface area contributed by atoms with Crippen LogP contribution in [0.15, 0.2) is 0 Å². The zero-order valence-corrected chi connectivity index (χ0v) is 14.1. The number of ether oxygens (including phenoxy) is 2. The average Bonchev–Trinajstić information content (AvgIpc) is 1.93. The van der Waals surface area contributed by atoms with Gasteiger partial charge in [0.15, 0.2) is 0 Å². The van der Waals surface area contributed by atoms with Crippen molar-refractivity contribution in [2.45, 2.75) is 30.6 Å². The Bertz CT molecular complexity index is 212. The molecule has 1 N–H and O–H groups in total. The van der Waals surface area contributed by atoms with E-state index in [-0.39, 0.29) is 12.1 Å². The Kier molecular flexibility index (Phi) is 5.96. The van der Waals surface area contributed by atoms with E-state index in [1.165, 1.54) is 7.11 Å². The van der Waals surface area contributed by atoms with Crippen LogP contribution in [0.25, 0.3) is 0 Å². The molecule has 1 atom stereocenters. The summed E-state index contributed by atoms with van der Waals surface area (Å²) in [5.74, 6) is 0. The van der Waals surface area contributed by atoms with Crippen molar-refractivity contribution in [2.75, 3.05) is 20.8 Å². The Morgan fingerprint density at radius 1 is 1.20 bits per heavy atom. The van der Waals surface area contributed by atoms with Gasteiger partial charge in [-0.25, -0.2) is 0 Å². The fraction of sp³-hybridized carbons (Fsp3) is 1.00. The van der Waals surface area contributed by atoms with Gasteiger partial charge in [0.05, 0.1) is 0 Å². The summed E-state index contributed by atoms with van der Waals surface area (Å²) in [4.78, 5) is 0. The molecule has 1 unspecified atom stereocenters. The van der Waals surface area contributed by atoms with Gasteiger partial charge in [0, 0.05) is 0 Å². The van der Waals surface area contributed by atoms with Gasteiger partial charge in [-0.15, -0.1) is 0 Å². The third-order valence-corrected chi connectivity index (χ3v) is 12.7. The first kappa shape index (κ1) is 16.5. The zero-order valence-electron chi connectivity index (χ0n) is 9.68. The normalized spacial score (nSPS) is 18.3. The fourth-order valence-corrected chi connectivity index (χ4v) is 13.1. The Balaban J connectivity index is 4.84. The third kappa shape index (κ3) is 6.10. The molecule has 3 nitrogen and oxygen atoms in total. The predicted molar refractivity (Wildman–Crippen MR) is 63.1 cm³/mol. The Morgan fingerprint density at radius 3 is 1.93 bits per heavy atom. The van der Waals surface area contributed by atoms with Gasteiger partial charge in [0.25, 0.3) is 0 Å².